The fraction of sp³-hybridized carbons (Fsp3) is 0.464. The van der Waals surface area contributed by atoms with Crippen LogP contribution in [-0.4, -0.2) is 70.8 Å². The lowest BCUT2D eigenvalue weighted by Gasteiger charge is -2.39. The van der Waals surface area contributed by atoms with Crippen molar-refractivity contribution in [1.82, 2.24) is 45.4 Å². The number of unbranched alkanes of at least 4 members (excludes halogenated alkanes) is 1. The number of rotatable bonds is 9. The van der Waals surface area contributed by atoms with Crippen LogP contribution in [-0.2, 0) is 30.4 Å². The molecule has 0 saturated carbocycles. The SMILES string of the molecule is CC(C)(C)OC(=O)N1CC(c2cc3cc(CCCCn4cc(C(=O)NCc5cc(C(F)(F)F)ccn5)nn4)nnc3[nH]2)C1. The summed E-state index contributed by atoms with van der Waals surface area (Å²) in [5, 5.41) is 19.9. The van der Waals surface area contributed by atoms with Crippen molar-refractivity contribution in [3.63, 3.8) is 0 Å². The van der Waals surface area contributed by atoms with Crippen molar-refractivity contribution in [2.24, 2.45) is 0 Å². The molecule has 43 heavy (non-hydrogen) atoms. The van der Waals surface area contributed by atoms with Gasteiger partial charge in [-0.15, -0.1) is 10.2 Å². The molecule has 1 fully saturated rings. The number of aryl methyl sites for hydroxylation is 2. The molecule has 1 aliphatic heterocycles. The molecule has 228 valence electrons. The summed E-state index contributed by atoms with van der Waals surface area (Å²) in [6.45, 7) is 7.06. The van der Waals surface area contributed by atoms with E-state index in [-0.39, 0.29) is 29.9 Å². The number of alkyl halides is 3. The zero-order valence-corrected chi connectivity index (χ0v) is 24.0. The average Bonchev–Trinajstić information content (AvgIpc) is 3.54. The molecule has 4 aromatic heterocycles. The van der Waals surface area contributed by atoms with E-state index < -0.39 is 23.2 Å². The monoisotopic (exact) mass is 599 g/mol. The zero-order chi connectivity index (χ0) is 30.8. The van der Waals surface area contributed by atoms with Gasteiger partial charge in [0.25, 0.3) is 5.91 Å². The Bertz CT molecular complexity index is 1600. The van der Waals surface area contributed by atoms with Crippen LogP contribution in [0, 0.1) is 0 Å². The number of halogens is 3. The lowest BCUT2D eigenvalue weighted by atomic mass is 9.97. The van der Waals surface area contributed by atoms with Gasteiger partial charge in [-0.25, -0.2) is 4.79 Å². The summed E-state index contributed by atoms with van der Waals surface area (Å²) in [5.74, 6) is -0.364. The van der Waals surface area contributed by atoms with E-state index in [1.807, 2.05) is 26.8 Å². The summed E-state index contributed by atoms with van der Waals surface area (Å²) in [6, 6.07) is 5.82. The van der Waals surface area contributed by atoms with Crippen molar-refractivity contribution in [1.29, 1.82) is 0 Å². The predicted molar refractivity (Wildman–Crippen MR) is 148 cm³/mol. The summed E-state index contributed by atoms with van der Waals surface area (Å²) >= 11 is 0. The maximum atomic E-state index is 12.9. The van der Waals surface area contributed by atoms with Gasteiger partial charge in [0, 0.05) is 42.8 Å². The van der Waals surface area contributed by atoms with Crippen molar-refractivity contribution in [3.05, 3.63) is 65.0 Å². The Morgan fingerprint density at radius 3 is 2.60 bits per heavy atom. The second kappa shape index (κ2) is 12.0. The maximum Gasteiger partial charge on any atom is 0.416 e. The minimum absolute atomic E-state index is 0.0623. The number of carbonyl (C=O) groups is 2. The predicted octanol–water partition coefficient (Wildman–Crippen LogP) is 4.25. The van der Waals surface area contributed by atoms with Crippen molar-refractivity contribution in [2.75, 3.05) is 13.1 Å². The van der Waals surface area contributed by atoms with Gasteiger partial charge >= 0.3 is 12.3 Å². The van der Waals surface area contributed by atoms with Gasteiger partial charge in [0.1, 0.15) is 5.60 Å². The Balaban J connectivity index is 1.05. The van der Waals surface area contributed by atoms with Crippen LogP contribution in [0.15, 0.2) is 36.7 Å². The molecule has 5 rings (SSSR count). The van der Waals surface area contributed by atoms with E-state index in [1.165, 1.54) is 6.20 Å². The number of fused-ring (bicyclic) bond motifs is 1. The third-order valence-corrected chi connectivity index (χ3v) is 6.84. The van der Waals surface area contributed by atoms with Crippen LogP contribution < -0.4 is 5.32 Å². The van der Waals surface area contributed by atoms with E-state index in [0.717, 1.165) is 47.9 Å². The number of pyridine rings is 1. The molecule has 0 aromatic carbocycles. The van der Waals surface area contributed by atoms with Crippen molar-refractivity contribution < 1.29 is 27.5 Å². The molecule has 1 saturated heterocycles. The van der Waals surface area contributed by atoms with Gasteiger partial charge in [-0.3, -0.25) is 14.5 Å². The fourth-order valence-electron chi connectivity index (χ4n) is 4.59. The minimum Gasteiger partial charge on any atom is -0.444 e. The molecular weight excluding hydrogens is 567 g/mol. The zero-order valence-electron chi connectivity index (χ0n) is 24.0. The van der Waals surface area contributed by atoms with Gasteiger partial charge in [-0.2, -0.15) is 18.3 Å². The van der Waals surface area contributed by atoms with Gasteiger partial charge in [-0.1, -0.05) is 5.21 Å². The number of hydrogen-bond acceptors (Lipinski definition) is 8. The number of aromatic amines is 1. The Morgan fingerprint density at radius 2 is 1.86 bits per heavy atom. The summed E-state index contributed by atoms with van der Waals surface area (Å²) in [6.07, 6.45) is 0.000793. The Hall–Kier alpha value is -4.56. The van der Waals surface area contributed by atoms with Crippen LogP contribution in [0.1, 0.15) is 72.7 Å². The highest BCUT2D eigenvalue weighted by Crippen LogP contribution is 2.30. The number of aromatic nitrogens is 7. The average molecular weight is 600 g/mol. The summed E-state index contributed by atoms with van der Waals surface area (Å²) < 4.78 is 45.6. The van der Waals surface area contributed by atoms with Crippen LogP contribution in [0.5, 0.6) is 0 Å². The molecular formula is C28H32F3N9O3. The number of likely N-dealkylation sites (tertiary alicyclic amines) is 1. The molecule has 2 amide bonds. The molecule has 12 nitrogen and oxygen atoms in total. The highest BCUT2D eigenvalue weighted by atomic mass is 19.4. The van der Waals surface area contributed by atoms with E-state index in [0.29, 0.717) is 31.7 Å². The van der Waals surface area contributed by atoms with Gasteiger partial charge in [0.15, 0.2) is 11.3 Å². The van der Waals surface area contributed by atoms with Crippen molar-refractivity contribution >= 4 is 23.0 Å². The van der Waals surface area contributed by atoms with Crippen LogP contribution in [0.3, 0.4) is 0 Å². The van der Waals surface area contributed by atoms with Gasteiger partial charge in [0.05, 0.1) is 29.7 Å². The second-order valence-corrected chi connectivity index (χ2v) is 11.5. The Labute approximate surface area is 245 Å². The maximum absolute atomic E-state index is 12.9. The van der Waals surface area contributed by atoms with Crippen LogP contribution in [0.25, 0.3) is 11.0 Å². The summed E-state index contributed by atoms with van der Waals surface area (Å²) in [5.41, 5.74) is 1.36. The number of amides is 2. The lowest BCUT2D eigenvalue weighted by Crippen LogP contribution is -2.50. The molecule has 0 bridgehead atoms. The largest absolute Gasteiger partial charge is 0.444 e. The molecule has 0 spiro atoms. The number of carbonyl (C=O) groups excluding carboxylic acids is 2. The van der Waals surface area contributed by atoms with E-state index in [2.05, 4.69) is 41.9 Å². The third kappa shape index (κ3) is 7.64. The standard InChI is InChI=1S/C28H32F3N9O3/c1-27(2,3)43-26(42)39-14-18(15-39)22-11-17-10-20(35-37-24(17)34-22)6-4-5-9-40-16-23(36-38-40)25(41)33-13-21-12-19(7-8-32-21)28(29,30)31/h7-8,10-12,16,18H,4-6,9,13-15H2,1-3H3,(H,33,41)(H,34,37). The molecule has 1 aliphatic rings. The molecule has 15 heteroatoms. The molecule has 0 radical (unpaired) electrons. The van der Waals surface area contributed by atoms with Crippen LogP contribution >= 0.6 is 0 Å². The fourth-order valence-corrected chi connectivity index (χ4v) is 4.59. The normalized spacial score (nSPS) is 14.1. The quantitative estimate of drug-likeness (QED) is 0.272. The van der Waals surface area contributed by atoms with E-state index in [1.54, 1.807) is 9.58 Å². The number of nitrogens with one attached hydrogen (secondary N) is 2. The second-order valence-electron chi connectivity index (χ2n) is 11.5. The molecule has 0 aliphatic carbocycles. The summed E-state index contributed by atoms with van der Waals surface area (Å²) in [7, 11) is 0. The summed E-state index contributed by atoms with van der Waals surface area (Å²) in [4.78, 5) is 33.4. The van der Waals surface area contributed by atoms with E-state index >= 15 is 0 Å². The number of H-pyrrole nitrogens is 1. The van der Waals surface area contributed by atoms with Crippen LogP contribution in [0.2, 0.25) is 0 Å². The number of ether oxygens (including phenoxy) is 1. The first-order chi connectivity index (χ1) is 20.3. The molecule has 0 unspecified atom stereocenters. The smallest absolute Gasteiger partial charge is 0.416 e. The molecule has 2 N–H and O–H groups in total. The Kier molecular flexibility index (Phi) is 8.33. The van der Waals surface area contributed by atoms with Gasteiger partial charge in [0.2, 0.25) is 0 Å². The van der Waals surface area contributed by atoms with Crippen molar-refractivity contribution in [3.8, 4) is 0 Å². The van der Waals surface area contributed by atoms with Gasteiger partial charge < -0.3 is 19.9 Å². The molecule has 0 atom stereocenters. The first kappa shape index (κ1) is 29.9. The topological polar surface area (TPSA) is 144 Å². The highest BCUT2D eigenvalue weighted by Gasteiger charge is 2.35. The van der Waals surface area contributed by atoms with E-state index in [9.17, 15) is 22.8 Å². The highest BCUT2D eigenvalue weighted by molar-refractivity contribution is 5.91. The van der Waals surface area contributed by atoms with E-state index in [4.69, 9.17) is 4.74 Å². The lowest BCUT2D eigenvalue weighted by molar-refractivity contribution is -0.137. The Morgan fingerprint density at radius 1 is 1.07 bits per heavy atom. The number of hydrogen-bond donors (Lipinski definition) is 2. The minimum atomic E-state index is -4.49. The third-order valence-electron chi connectivity index (χ3n) is 6.84. The van der Waals surface area contributed by atoms with Crippen LogP contribution in [0.4, 0.5) is 18.0 Å². The van der Waals surface area contributed by atoms with Crippen molar-refractivity contribution in [2.45, 2.75) is 70.8 Å². The first-order valence-corrected chi connectivity index (χ1v) is 13.9. The molecule has 4 aromatic rings. The molecule has 5 heterocycles. The first-order valence-electron chi connectivity index (χ1n) is 13.9. The number of nitrogens with zero attached hydrogens (tertiary/aromatic N) is 7. The van der Waals surface area contributed by atoms with Gasteiger partial charge in [-0.05, 0) is 64.3 Å².